The Bertz CT molecular complexity index is 520. The zero-order valence-electron chi connectivity index (χ0n) is 14.4. The summed E-state index contributed by atoms with van der Waals surface area (Å²) in [7, 11) is 2.00. The van der Waals surface area contributed by atoms with Gasteiger partial charge in [0.05, 0.1) is 5.69 Å². The number of nitrogens with one attached hydrogen (secondary N) is 1. The molecule has 0 spiro atoms. The van der Waals surface area contributed by atoms with Crippen LogP contribution in [0.25, 0.3) is 0 Å². The molecule has 2 aliphatic rings. The third-order valence-electron chi connectivity index (χ3n) is 5.06. The summed E-state index contributed by atoms with van der Waals surface area (Å²) in [5, 5.41) is 14.3. The minimum atomic E-state index is -0.250. The third kappa shape index (κ3) is 5.33. The SMILES string of the molecule is Cn1nccc1CN1CCC(CNC(=O)C2CCC2)CC1.O=CO. The highest BCUT2D eigenvalue weighted by Gasteiger charge is 2.26. The molecule has 3 rings (SSSR count). The van der Waals surface area contributed by atoms with E-state index in [1.165, 1.54) is 25.0 Å². The van der Waals surface area contributed by atoms with Gasteiger partial charge in [-0.1, -0.05) is 6.42 Å². The van der Waals surface area contributed by atoms with Gasteiger partial charge in [0, 0.05) is 32.3 Å². The van der Waals surface area contributed by atoms with Crippen molar-refractivity contribution in [1.82, 2.24) is 20.0 Å². The molecule has 0 unspecified atom stereocenters. The standard InChI is InChI=1S/C16H26N4O.CH2O2/c1-19-15(5-8-18-19)12-20-9-6-13(7-10-20)11-17-16(21)14-3-2-4-14;2-1-3/h5,8,13-14H,2-4,6-7,9-12H2,1H3,(H,17,21);1H,(H,2,3). The number of rotatable bonds is 5. The molecule has 24 heavy (non-hydrogen) atoms. The summed E-state index contributed by atoms with van der Waals surface area (Å²) in [6.45, 7) is 3.84. The molecule has 7 heteroatoms. The zero-order valence-corrected chi connectivity index (χ0v) is 14.4. The van der Waals surface area contributed by atoms with Gasteiger partial charge in [0.2, 0.25) is 5.91 Å². The van der Waals surface area contributed by atoms with Crippen molar-refractivity contribution in [2.75, 3.05) is 19.6 Å². The molecule has 1 aliphatic heterocycles. The molecule has 1 aromatic rings. The van der Waals surface area contributed by atoms with Gasteiger partial charge >= 0.3 is 0 Å². The van der Waals surface area contributed by atoms with E-state index in [2.05, 4.69) is 21.4 Å². The van der Waals surface area contributed by atoms with E-state index in [1.807, 2.05) is 17.9 Å². The summed E-state index contributed by atoms with van der Waals surface area (Å²) in [6.07, 6.45) is 7.64. The lowest BCUT2D eigenvalue weighted by molar-refractivity contribution is -0.127. The number of carboxylic acid groups (broad SMARTS) is 1. The van der Waals surface area contributed by atoms with Crippen LogP contribution in [-0.4, -0.2) is 51.8 Å². The minimum Gasteiger partial charge on any atom is -0.483 e. The largest absolute Gasteiger partial charge is 0.483 e. The van der Waals surface area contributed by atoms with Gasteiger partial charge in [0.1, 0.15) is 0 Å². The highest BCUT2D eigenvalue weighted by Crippen LogP contribution is 2.26. The predicted octanol–water partition coefficient (Wildman–Crippen LogP) is 1.25. The lowest BCUT2D eigenvalue weighted by Crippen LogP contribution is -2.41. The van der Waals surface area contributed by atoms with Gasteiger partial charge in [-0.25, -0.2) is 0 Å². The molecular weight excluding hydrogens is 308 g/mol. The number of piperidine rings is 1. The maximum atomic E-state index is 11.9. The monoisotopic (exact) mass is 336 g/mol. The number of hydrogen-bond acceptors (Lipinski definition) is 4. The molecule has 1 aromatic heterocycles. The number of amides is 1. The summed E-state index contributed by atoms with van der Waals surface area (Å²) in [6, 6.07) is 2.09. The van der Waals surface area contributed by atoms with Gasteiger partial charge in [0.15, 0.2) is 0 Å². The van der Waals surface area contributed by atoms with E-state index >= 15 is 0 Å². The van der Waals surface area contributed by atoms with E-state index in [0.717, 1.165) is 39.0 Å². The first-order chi connectivity index (χ1) is 11.6. The first kappa shape index (κ1) is 18.4. The molecular formula is C17H28N4O3. The average Bonchev–Trinajstić information content (AvgIpc) is 2.91. The first-order valence-corrected chi connectivity index (χ1v) is 8.68. The van der Waals surface area contributed by atoms with Crippen molar-refractivity contribution in [2.45, 2.75) is 38.6 Å². The number of aryl methyl sites for hydroxylation is 1. The Kier molecular flexibility index (Phi) is 7.24. The van der Waals surface area contributed by atoms with Crippen LogP contribution in [0.4, 0.5) is 0 Å². The Morgan fingerprint density at radius 2 is 2.04 bits per heavy atom. The second-order valence-corrected chi connectivity index (χ2v) is 6.64. The van der Waals surface area contributed by atoms with Crippen LogP contribution in [0.2, 0.25) is 0 Å². The van der Waals surface area contributed by atoms with E-state index in [0.29, 0.717) is 17.7 Å². The van der Waals surface area contributed by atoms with Gasteiger partial charge in [-0.3, -0.25) is 19.2 Å². The Hall–Kier alpha value is -1.89. The van der Waals surface area contributed by atoms with Crippen molar-refractivity contribution in [3.05, 3.63) is 18.0 Å². The molecule has 1 amide bonds. The first-order valence-electron chi connectivity index (χ1n) is 8.68. The Balaban J connectivity index is 0.000000647. The average molecular weight is 336 g/mol. The molecule has 1 saturated heterocycles. The quantitative estimate of drug-likeness (QED) is 0.790. The van der Waals surface area contributed by atoms with E-state index in [1.54, 1.807) is 0 Å². The summed E-state index contributed by atoms with van der Waals surface area (Å²) in [5.41, 5.74) is 1.27. The van der Waals surface area contributed by atoms with Gasteiger partial charge in [0.25, 0.3) is 6.47 Å². The number of carbonyl (C=O) groups is 2. The molecule has 0 atom stereocenters. The van der Waals surface area contributed by atoms with Gasteiger partial charge in [-0.05, 0) is 50.8 Å². The van der Waals surface area contributed by atoms with E-state index in [9.17, 15) is 4.79 Å². The lowest BCUT2D eigenvalue weighted by Gasteiger charge is -2.32. The maximum Gasteiger partial charge on any atom is 0.290 e. The molecule has 1 aliphatic carbocycles. The van der Waals surface area contributed by atoms with Crippen molar-refractivity contribution < 1.29 is 14.7 Å². The van der Waals surface area contributed by atoms with Crippen LogP contribution in [0.15, 0.2) is 12.3 Å². The van der Waals surface area contributed by atoms with E-state index in [4.69, 9.17) is 9.90 Å². The summed E-state index contributed by atoms with van der Waals surface area (Å²) >= 11 is 0. The predicted molar refractivity (Wildman–Crippen MR) is 90.3 cm³/mol. The summed E-state index contributed by atoms with van der Waals surface area (Å²) in [5.74, 6) is 1.25. The molecule has 0 aromatic carbocycles. The van der Waals surface area contributed by atoms with Crippen LogP contribution in [0.5, 0.6) is 0 Å². The second-order valence-electron chi connectivity index (χ2n) is 6.64. The highest BCUT2D eigenvalue weighted by atomic mass is 16.3. The van der Waals surface area contributed by atoms with E-state index in [-0.39, 0.29) is 6.47 Å². The van der Waals surface area contributed by atoms with Crippen LogP contribution in [0.1, 0.15) is 37.8 Å². The molecule has 7 nitrogen and oxygen atoms in total. The van der Waals surface area contributed by atoms with Crippen LogP contribution in [0, 0.1) is 11.8 Å². The zero-order chi connectivity index (χ0) is 17.4. The summed E-state index contributed by atoms with van der Waals surface area (Å²) < 4.78 is 1.95. The second kappa shape index (κ2) is 9.42. The van der Waals surface area contributed by atoms with Gasteiger partial charge in [-0.15, -0.1) is 0 Å². The van der Waals surface area contributed by atoms with Crippen LogP contribution >= 0.6 is 0 Å². The van der Waals surface area contributed by atoms with Crippen LogP contribution in [0.3, 0.4) is 0 Å². The third-order valence-corrected chi connectivity index (χ3v) is 5.06. The number of nitrogens with zero attached hydrogens (tertiary/aromatic N) is 3. The number of likely N-dealkylation sites (tertiary alicyclic amines) is 1. The van der Waals surface area contributed by atoms with Crippen molar-refractivity contribution in [3.8, 4) is 0 Å². The fraction of sp³-hybridized carbons (Fsp3) is 0.706. The van der Waals surface area contributed by atoms with Crippen LogP contribution < -0.4 is 5.32 Å². The van der Waals surface area contributed by atoms with Gasteiger partial charge in [-0.2, -0.15) is 5.10 Å². The topological polar surface area (TPSA) is 87.5 Å². The molecule has 0 radical (unpaired) electrons. The molecule has 2 fully saturated rings. The molecule has 134 valence electrons. The highest BCUT2D eigenvalue weighted by molar-refractivity contribution is 5.79. The Labute approximate surface area is 143 Å². The van der Waals surface area contributed by atoms with Crippen molar-refractivity contribution in [2.24, 2.45) is 18.9 Å². The van der Waals surface area contributed by atoms with Crippen molar-refractivity contribution in [3.63, 3.8) is 0 Å². The molecule has 2 N–H and O–H groups in total. The van der Waals surface area contributed by atoms with Crippen molar-refractivity contribution >= 4 is 12.4 Å². The molecule has 2 heterocycles. The lowest BCUT2D eigenvalue weighted by atomic mass is 9.84. The van der Waals surface area contributed by atoms with Gasteiger partial charge < -0.3 is 10.4 Å². The molecule has 1 saturated carbocycles. The van der Waals surface area contributed by atoms with E-state index < -0.39 is 0 Å². The Morgan fingerprint density at radius 1 is 1.38 bits per heavy atom. The number of hydrogen-bond donors (Lipinski definition) is 2. The fourth-order valence-electron chi connectivity index (χ4n) is 3.19. The Morgan fingerprint density at radius 3 is 2.54 bits per heavy atom. The minimum absolute atomic E-state index is 0.250. The maximum absolute atomic E-state index is 11.9. The van der Waals surface area contributed by atoms with Crippen molar-refractivity contribution in [1.29, 1.82) is 0 Å². The summed E-state index contributed by atoms with van der Waals surface area (Å²) in [4.78, 5) is 22.7. The van der Waals surface area contributed by atoms with Crippen LogP contribution in [-0.2, 0) is 23.2 Å². The number of aromatic nitrogens is 2. The fourth-order valence-corrected chi connectivity index (χ4v) is 3.19. The number of carbonyl (C=O) groups excluding carboxylic acids is 1. The normalized spacial score (nSPS) is 19.0. The smallest absolute Gasteiger partial charge is 0.290 e. The molecule has 0 bridgehead atoms.